The zero-order valence-corrected chi connectivity index (χ0v) is 9.20. The number of nitrogens with zero attached hydrogens (tertiary/aromatic N) is 1. The number of fused-ring (bicyclic) bond motifs is 1. The second-order valence-corrected chi connectivity index (χ2v) is 4.06. The van der Waals surface area contributed by atoms with Crippen LogP contribution in [0.15, 0.2) is 36.7 Å². The Hall–Kier alpha value is -1.41. The van der Waals surface area contributed by atoms with Gasteiger partial charge in [-0.2, -0.15) is 0 Å². The van der Waals surface area contributed by atoms with E-state index in [2.05, 4.69) is 42.3 Å². The highest BCUT2D eigenvalue weighted by atomic mass is 14.9. The van der Waals surface area contributed by atoms with Gasteiger partial charge in [0.05, 0.1) is 0 Å². The zero-order valence-electron chi connectivity index (χ0n) is 9.20. The van der Waals surface area contributed by atoms with Gasteiger partial charge in [0, 0.05) is 30.4 Å². The van der Waals surface area contributed by atoms with Gasteiger partial charge in [-0.25, -0.2) is 0 Å². The molecule has 0 fully saturated rings. The number of hydrogen-bond donors (Lipinski definition) is 1. The van der Waals surface area contributed by atoms with Crippen LogP contribution in [0.2, 0.25) is 0 Å². The van der Waals surface area contributed by atoms with E-state index in [0.29, 0.717) is 6.04 Å². The van der Waals surface area contributed by atoms with Crippen LogP contribution < -0.4 is 5.32 Å². The molecule has 1 aromatic heterocycles. The first-order valence-electron chi connectivity index (χ1n) is 5.32. The van der Waals surface area contributed by atoms with Crippen LogP contribution in [-0.2, 0) is 6.54 Å². The highest BCUT2D eigenvalue weighted by Crippen LogP contribution is 2.16. The molecule has 0 spiro atoms. The summed E-state index contributed by atoms with van der Waals surface area (Å²) in [5.41, 5.74) is 1.27. The molecule has 2 rings (SSSR count). The Balaban J connectivity index is 2.34. The first-order chi connectivity index (χ1) is 7.27. The summed E-state index contributed by atoms with van der Waals surface area (Å²) < 4.78 is 0. The third kappa shape index (κ3) is 2.34. The van der Waals surface area contributed by atoms with Crippen LogP contribution in [0.3, 0.4) is 0 Å². The van der Waals surface area contributed by atoms with Gasteiger partial charge < -0.3 is 5.32 Å². The Kier molecular flexibility index (Phi) is 2.97. The van der Waals surface area contributed by atoms with Gasteiger partial charge in [0.2, 0.25) is 0 Å². The first kappa shape index (κ1) is 10.1. The molecule has 0 amide bonds. The van der Waals surface area contributed by atoms with Crippen LogP contribution in [0.5, 0.6) is 0 Å². The van der Waals surface area contributed by atoms with Crippen molar-refractivity contribution in [2.75, 3.05) is 0 Å². The average Bonchev–Trinajstić information content (AvgIpc) is 2.26. The maximum absolute atomic E-state index is 4.25. The van der Waals surface area contributed by atoms with Gasteiger partial charge in [0.1, 0.15) is 0 Å². The fraction of sp³-hybridized carbons (Fsp3) is 0.308. The molecule has 1 N–H and O–H groups in total. The summed E-state index contributed by atoms with van der Waals surface area (Å²) >= 11 is 0. The molecule has 2 heteroatoms. The van der Waals surface area contributed by atoms with Crippen molar-refractivity contribution in [1.82, 2.24) is 10.3 Å². The van der Waals surface area contributed by atoms with Gasteiger partial charge in [-0.05, 0) is 10.9 Å². The molecule has 78 valence electrons. The van der Waals surface area contributed by atoms with Crippen molar-refractivity contribution >= 4 is 10.8 Å². The summed E-state index contributed by atoms with van der Waals surface area (Å²) in [7, 11) is 0. The summed E-state index contributed by atoms with van der Waals surface area (Å²) in [5, 5.41) is 5.92. The molecule has 0 saturated carbocycles. The fourth-order valence-electron chi connectivity index (χ4n) is 1.63. The smallest absolute Gasteiger partial charge is 0.0346 e. The van der Waals surface area contributed by atoms with E-state index in [1.165, 1.54) is 16.3 Å². The number of aromatic nitrogens is 1. The Bertz CT molecular complexity index is 444. The van der Waals surface area contributed by atoms with E-state index < -0.39 is 0 Å². The van der Waals surface area contributed by atoms with Crippen molar-refractivity contribution in [2.24, 2.45) is 0 Å². The molecule has 0 radical (unpaired) electrons. The Morgan fingerprint density at radius 1 is 1.20 bits per heavy atom. The van der Waals surface area contributed by atoms with E-state index in [4.69, 9.17) is 0 Å². The van der Waals surface area contributed by atoms with E-state index in [1.807, 2.05) is 18.5 Å². The molecule has 0 bridgehead atoms. The van der Waals surface area contributed by atoms with Crippen molar-refractivity contribution < 1.29 is 0 Å². The van der Waals surface area contributed by atoms with E-state index in [1.54, 1.807) is 0 Å². The van der Waals surface area contributed by atoms with Crippen LogP contribution >= 0.6 is 0 Å². The Morgan fingerprint density at radius 3 is 2.80 bits per heavy atom. The van der Waals surface area contributed by atoms with E-state index in [-0.39, 0.29) is 0 Å². The SMILES string of the molecule is CC(C)NCc1cncc2ccccc12. The summed E-state index contributed by atoms with van der Waals surface area (Å²) in [5.74, 6) is 0. The van der Waals surface area contributed by atoms with Crippen LogP contribution in [0, 0.1) is 0 Å². The topological polar surface area (TPSA) is 24.9 Å². The summed E-state index contributed by atoms with van der Waals surface area (Å²) in [4.78, 5) is 4.25. The lowest BCUT2D eigenvalue weighted by Crippen LogP contribution is -2.21. The number of benzene rings is 1. The van der Waals surface area contributed by atoms with Crippen molar-refractivity contribution in [3.63, 3.8) is 0 Å². The maximum atomic E-state index is 4.25. The standard InChI is InChI=1S/C13H16N2/c1-10(2)15-9-12-8-14-7-11-5-3-4-6-13(11)12/h3-8,10,15H,9H2,1-2H3. The molecule has 0 unspecified atom stereocenters. The second-order valence-electron chi connectivity index (χ2n) is 4.06. The lowest BCUT2D eigenvalue weighted by molar-refractivity contribution is 0.590. The molecule has 0 saturated heterocycles. The molecule has 1 heterocycles. The van der Waals surface area contributed by atoms with Gasteiger partial charge >= 0.3 is 0 Å². The minimum Gasteiger partial charge on any atom is -0.310 e. The van der Waals surface area contributed by atoms with Gasteiger partial charge in [0.25, 0.3) is 0 Å². The molecule has 0 aliphatic carbocycles. The molecule has 0 aliphatic rings. The number of hydrogen-bond acceptors (Lipinski definition) is 2. The Labute approximate surface area is 90.3 Å². The summed E-state index contributed by atoms with van der Waals surface area (Å²) in [6, 6.07) is 8.87. The zero-order chi connectivity index (χ0) is 10.7. The van der Waals surface area contributed by atoms with Crippen molar-refractivity contribution in [1.29, 1.82) is 0 Å². The second kappa shape index (κ2) is 4.41. The minimum atomic E-state index is 0.504. The van der Waals surface area contributed by atoms with Crippen molar-refractivity contribution in [3.8, 4) is 0 Å². The van der Waals surface area contributed by atoms with Crippen LogP contribution in [0.1, 0.15) is 19.4 Å². The van der Waals surface area contributed by atoms with Crippen LogP contribution in [-0.4, -0.2) is 11.0 Å². The molecule has 0 aliphatic heterocycles. The third-order valence-corrected chi connectivity index (χ3v) is 2.45. The van der Waals surface area contributed by atoms with Gasteiger partial charge in [-0.15, -0.1) is 0 Å². The molecular formula is C13H16N2. The van der Waals surface area contributed by atoms with Crippen molar-refractivity contribution in [2.45, 2.75) is 26.4 Å². The predicted octanol–water partition coefficient (Wildman–Crippen LogP) is 2.73. The monoisotopic (exact) mass is 200 g/mol. The van der Waals surface area contributed by atoms with Crippen LogP contribution in [0.4, 0.5) is 0 Å². The summed E-state index contributed by atoms with van der Waals surface area (Å²) in [6.07, 6.45) is 3.85. The number of pyridine rings is 1. The van der Waals surface area contributed by atoms with E-state index >= 15 is 0 Å². The largest absolute Gasteiger partial charge is 0.310 e. The molecule has 1 aromatic carbocycles. The minimum absolute atomic E-state index is 0.504. The predicted molar refractivity (Wildman–Crippen MR) is 63.7 cm³/mol. The molecule has 2 nitrogen and oxygen atoms in total. The van der Waals surface area contributed by atoms with E-state index in [0.717, 1.165) is 6.54 Å². The molecular weight excluding hydrogens is 184 g/mol. The molecule has 15 heavy (non-hydrogen) atoms. The van der Waals surface area contributed by atoms with Gasteiger partial charge in [-0.1, -0.05) is 38.1 Å². The highest BCUT2D eigenvalue weighted by Gasteiger charge is 2.01. The molecule has 2 aromatic rings. The quantitative estimate of drug-likeness (QED) is 0.824. The summed E-state index contributed by atoms with van der Waals surface area (Å²) in [6.45, 7) is 5.18. The lowest BCUT2D eigenvalue weighted by atomic mass is 10.1. The average molecular weight is 200 g/mol. The molecule has 0 atom stereocenters. The fourth-order valence-corrected chi connectivity index (χ4v) is 1.63. The van der Waals surface area contributed by atoms with Gasteiger partial charge in [0.15, 0.2) is 0 Å². The third-order valence-electron chi connectivity index (χ3n) is 2.45. The normalized spacial score (nSPS) is 11.1. The van der Waals surface area contributed by atoms with E-state index in [9.17, 15) is 0 Å². The highest BCUT2D eigenvalue weighted by molar-refractivity contribution is 5.84. The first-order valence-corrected chi connectivity index (χ1v) is 5.32. The van der Waals surface area contributed by atoms with Gasteiger partial charge in [-0.3, -0.25) is 4.98 Å². The number of nitrogens with one attached hydrogen (secondary N) is 1. The number of rotatable bonds is 3. The lowest BCUT2D eigenvalue weighted by Gasteiger charge is -2.09. The van der Waals surface area contributed by atoms with Crippen LogP contribution in [0.25, 0.3) is 10.8 Å². The van der Waals surface area contributed by atoms with Crippen molar-refractivity contribution in [3.05, 3.63) is 42.2 Å². The maximum Gasteiger partial charge on any atom is 0.0346 e. The Morgan fingerprint density at radius 2 is 2.00 bits per heavy atom.